The van der Waals surface area contributed by atoms with E-state index < -0.39 is 97.5 Å². The van der Waals surface area contributed by atoms with E-state index in [0.717, 1.165) is 89.9 Å². The highest BCUT2D eigenvalue weighted by Gasteiger charge is 2.30. The highest BCUT2D eigenvalue weighted by molar-refractivity contribution is 7.47. The van der Waals surface area contributed by atoms with Gasteiger partial charge in [-0.1, -0.05) is 400 Å². The first kappa shape index (κ1) is 100. The van der Waals surface area contributed by atoms with E-state index in [4.69, 9.17) is 37.0 Å². The van der Waals surface area contributed by atoms with Gasteiger partial charge in [0.15, 0.2) is 12.2 Å². The molecule has 606 valence electrons. The highest BCUT2D eigenvalue weighted by Crippen LogP contribution is 2.45. The average Bonchev–Trinajstić information content (AvgIpc) is 0.908. The molecule has 2 unspecified atom stereocenters. The smallest absolute Gasteiger partial charge is 0.462 e. The van der Waals surface area contributed by atoms with E-state index in [1.165, 1.54) is 283 Å². The van der Waals surface area contributed by atoms with Gasteiger partial charge in [0.05, 0.1) is 26.4 Å². The zero-order chi connectivity index (χ0) is 74.6. The fourth-order valence-electron chi connectivity index (χ4n) is 13.0. The maximum atomic E-state index is 13.1. The normalized spacial score (nSPS) is 13.8. The van der Waals surface area contributed by atoms with Gasteiger partial charge in [0.2, 0.25) is 0 Å². The number of carbonyl (C=O) groups is 4. The Morgan fingerprint density at radius 1 is 0.235 bits per heavy atom. The van der Waals surface area contributed by atoms with Crippen molar-refractivity contribution in [2.75, 3.05) is 39.6 Å². The van der Waals surface area contributed by atoms with Crippen LogP contribution in [0, 0.1) is 0 Å². The minimum Gasteiger partial charge on any atom is -0.462 e. The quantitative estimate of drug-likeness (QED) is 0.0222. The summed E-state index contributed by atoms with van der Waals surface area (Å²) in [4.78, 5) is 73.1. The molecule has 17 nitrogen and oxygen atoms in total. The zero-order valence-corrected chi connectivity index (χ0v) is 68.4. The second-order valence-electron chi connectivity index (χ2n) is 29.9. The van der Waals surface area contributed by atoms with Gasteiger partial charge in [0.25, 0.3) is 0 Å². The van der Waals surface area contributed by atoms with Crippen LogP contribution in [0.3, 0.4) is 0 Å². The molecule has 3 N–H and O–H groups in total. The van der Waals surface area contributed by atoms with Crippen LogP contribution in [0.15, 0.2) is 0 Å². The molecule has 0 aliphatic heterocycles. The summed E-state index contributed by atoms with van der Waals surface area (Å²) < 4.78 is 68.8. The number of aliphatic hydroxyl groups excluding tert-OH is 1. The maximum absolute atomic E-state index is 13.1. The van der Waals surface area contributed by atoms with Crippen LogP contribution in [0.1, 0.15) is 451 Å². The Hall–Kier alpha value is -1.94. The van der Waals surface area contributed by atoms with Gasteiger partial charge < -0.3 is 33.8 Å². The molecular weight excluding hydrogens is 1330 g/mol. The van der Waals surface area contributed by atoms with Gasteiger partial charge in [0.1, 0.15) is 19.3 Å². The van der Waals surface area contributed by atoms with Crippen molar-refractivity contribution in [2.24, 2.45) is 0 Å². The van der Waals surface area contributed by atoms with Gasteiger partial charge in [0, 0.05) is 25.7 Å². The third kappa shape index (κ3) is 76.3. The zero-order valence-electron chi connectivity index (χ0n) is 66.6. The Balaban J connectivity index is 5.21. The summed E-state index contributed by atoms with van der Waals surface area (Å²) in [6.45, 7) is 5.04. The number of ether oxygens (including phenoxy) is 4. The third-order valence-electron chi connectivity index (χ3n) is 19.6. The lowest BCUT2D eigenvalue weighted by Crippen LogP contribution is -2.30. The first-order valence-electron chi connectivity index (χ1n) is 43.3. The first-order chi connectivity index (χ1) is 49.7. The van der Waals surface area contributed by atoms with Crippen molar-refractivity contribution in [3.05, 3.63) is 0 Å². The van der Waals surface area contributed by atoms with Crippen LogP contribution >= 0.6 is 15.6 Å². The molecule has 0 aromatic heterocycles. The molecular formula is C83H162O17P2. The first-order valence-corrected chi connectivity index (χ1v) is 46.3. The van der Waals surface area contributed by atoms with E-state index >= 15 is 0 Å². The Morgan fingerprint density at radius 2 is 0.392 bits per heavy atom. The molecule has 102 heavy (non-hydrogen) atoms. The SMILES string of the molecule is CCCCCCCCCCCCCCCCCCCCCCCCC(=O)O[C@H](COC(=O)CCCCCCCCCCCCCCCC)COP(=O)(O)OC[C@@H](O)COP(=O)(O)OC[C@@H](COC(=O)CCCCCCCCCCCCCCC)OC(=O)CCCCCCCCCCCCCCC. The molecule has 0 saturated heterocycles. The molecule has 0 spiro atoms. The van der Waals surface area contributed by atoms with E-state index in [2.05, 4.69) is 27.7 Å². The van der Waals surface area contributed by atoms with Gasteiger partial charge in [-0.2, -0.15) is 0 Å². The van der Waals surface area contributed by atoms with Crippen LogP contribution in [-0.4, -0.2) is 96.7 Å². The number of hydrogen-bond donors (Lipinski definition) is 3. The highest BCUT2D eigenvalue weighted by atomic mass is 31.2. The molecule has 0 aliphatic carbocycles. The van der Waals surface area contributed by atoms with Crippen LogP contribution in [0.25, 0.3) is 0 Å². The summed E-state index contributed by atoms with van der Waals surface area (Å²) in [6.07, 6.45) is 70.7. The van der Waals surface area contributed by atoms with Crippen LogP contribution < -0.4 is 0 Å². The minimum absolute atomic E-state index is 0.109. The van der Waals surface area contributed by atoms with Crippen molar-refractivity contribution in [3.8, 4) is 0 Å². The summed E-state index contributed by atoms with van der Waals surface area (Å²) in [6, 6.07) is 0. The van der Waals surface area contributed by atoms with E-state index in [1.807, 2.05) is 0 Å². The van der Waals surface area contributed by atoms with Crippen LogP contribution in [0.2, 0.25) is 0 Å². The lowest BCUT2D eigenvalue weighted by molar-refractivity contribution is -0.161. The summed E-state index contributed by atoms with van der Waals surface area (Å²) >= 11 is 0. The fraction of sp³-hybridized carbons (Fsp3) is 0.952. The Kier molecular flexibility index (Phi) is 75.8. The summed E-state index contributed by atoms with van der Waals surface area (Å²) in [5.41, 5.74) is 0. The molecule has 0 heterocycles. The Morgan fingerprint density at radius 3 is 0.578 bits per heavy atom. The van der Waals surface area contributed by atoms with Gasteiger partial charge >= 0.3 is 39.5 Å². The van der Waals surface area contributed by atoms with Crippen LogP contribution in [0.5, 0.6) is 0 Å². The lowest BCUT2D eigenvalue weighted by Gasteiger charge is -2.21. The predicted molar refractivity (Wildman–Crippen MR) is 419 cm³/mol. The monoisotopic (exact) mass is 1490 g/mol. The lowest BCUT2D eigenvalue weighted by atomic mass is 10.0. The van der Waals surface area contributed by atoms with Crippen molar-refractivity contribution in [2.45, 2.75) is 470 Å². The Labute approximate surface area is 626 Å². The fourth-order valence-corrected chi connectivity index (χ4v) is 14.6. The molecule has 0 radical (unpaired) electrons. The topological polar surface area (TPSA) is 237 Å². The number of phosphoric acid groups is 2. The predicted octanol–water partition coefficient (Wildman–Crippen LogP) is 25.4. The van der Waals surface area contributed by atoms with Crippen molar-refractivity contribution in [1.29, 1.82) is 0 Å². The number of esters is 4. The van der Waals surface area contributed by atoms with Gasteiger partial charge in [-0.15, -0.1) is 0 Å². The summed E-state index contributed by atoms with van der Waals surface area (Å²) in [5.74, 6) is -2.10. The number of hydrogen-bond acceptors (Lipinski definition) is 15. The minimum atomic E-state index is -4.96. The molecule has 0 aliphatic rings. The van der Waals surface area contributed by atoms with E-state index in [0.29, 0.717) is 25.7 Å². The number of phosphoric ester groups is 2. The van der Waals surface area contributed by atoms with Crippen LogP contribution in [-0.2, 0) is 65.4 Å². The molecule has 0 bridgehead atoms. The second-order valence-corrected chi connectivity index (χ2v) is 32.8. The largest absolute Gasteiger partial charge is 0.472 e. The molecule has 0 fully saturated rings. The summed E-state index contributed by atoms with van der Waals surface area (Å²) in [5, 5.41) is 10.7. The van der Waals surface area contributed by atoms with Crippen molar-refractivity contribution >= 4 is 39.5 Å². The van der Waals surface area contributed by atoms with Gasteiger partial charge in [-0.3, -0.25) is 37.3 Å². The van der Waals surface area contributed by atoms with Crippen molar-refractivity contribution < 1.29 is 80.2 Å². The maximum Gasteiger partial charge on any atom is 0.472 e. The van der Waals surface area contributed by atoms with Crippen molar-refractivity contribution in [3.63, 3.8) is 0 Å². The van der Waals surface area contributed by atoms with E-state index in [-0.39, 0.29) is 25.7 Å². The summed E-state index contributed by atoms with van der Waals surface area (Å²) in [7, 11) is -9.92. The number of rotatable bonds is 84. The second kappa shape index (κ2) is 77.2. The molecule has 0 rings (SSSR count). The average molecular weight is 1490 g/mol. The van der Waals surface area contributed by atoms with Gasteiger partial charge in [-0.25, -0.2) is 9.13 Å². The van der Waals surface area contributed by atoms with Crippen LogP contribution in [0.4, 0.5) is 0 Å². The molecule has 0 aromatic rings. The molecule has 0 aromatic carbocycles. The Bertz CT molecular complexity index is 1930. The van der Waals surface area contributed by atoms with E-state index in [1.54, 1.807) is 0 Å². The van der Waals surface area contributed by atoms with E-state index in [9.17, 15) is 43.2 Å². The van der Waals surface area contributed by atoms with Gasteiger partial charge in [-0.05, 0) is 25.7 Å². The number of unbranched alkanes of at least 4 members (excludes halogenated alkanes) is 58. The molecule has 0 amide bonds. The molecule has 19 heteroatoms. The number of carbonyl (C=O) groups excluding carboxylic acids is 4. The number of aliphatic hydroxyl groups is 1. The molecule has 5 atom stereocenters. The third-order valence-corrected chi connectivity index (χ3v) is 21.5. The van der Waals surface area contributed by atoms with Crippen molar-refractivity contribution in [1.82, 2.24) is 0 Å². The standard InChI is InChI=1S/C83H162O17P2/c1-5-9-13-17-21-25-29-33-35-36-37-38-39-40-41-42-46-50-54-58-62-66-70-83(88)100-79(74-94-81(86)68-64-60-56-52-48-45-34-30-26-22-18-14-10-6-2)76-98-102(91,92)96-72-77(84)71-95-101(89,90)97-75-78(99-82(87)69-65-61-57-53-49-44-32-28-24-20-16-12-8-4)73-93-80(85)67-63-59-55-51-47-43-31-27-23-19-15-11-7-3/h77-79,84H,5-76H2,1-4H3,(H,89,90)(H,91,92)/t77-,78+,79+/m0/s1. The molecule has 0 saturated carbocycles.